The van der Waals surface area contributed by atoms with Crippen molar-refractivity contribution in [1.29, 1.82) is 0 Å². The largest absolute Gasteiger partial charge is 0.394 e. The fourth-order valence-corrected chi connectivity index (χ4v) is 2.57. The molecule has 0 amide bonds. The van der Waals surface area contributed by atoms with Gasteiger partial charge >= 0.3 is 0 Å². The first-order valence-corrected chi connectivity index (χ1v) is 6.30. The minimum atomic E-state index is -1.37. The molecule has 0 unspecified atom stereocenters. The average molecular weight is 296 g/mol. The van der Waals surface area contributed by atoms with Crippen LogP contribution in [0.1, 0.15) is 6.92 Å². The molecule has 3 heterocycles. The van der Waals surface area contributed by atoms with Gasteiger partial charge in [-0.2, -0.15) is 9.97 Å². The Hall–Kier alpha value is -2.01. The molecular formula is C11H16N6O4. The third kappa shape index (κ3) is 1.84. The molecule has 2 aromatic heterocycles. The van der Waals surface area contributed by atoms with Crippen LogP contribution in [-0.2, 0) is 10.5 Å². The maximum absolute atomic E-state index is 10.2. The topological polar surface area (TPSA) is 166 Å². The number of anilines is 2. The van der Waals surface area contributed by atoms with Gasteiger partial charge in [-0.25, -0.2) is 4.98 Å². The van der Waals surface area contributed by atoms with E-state index in [9.17, 15) is 15.3 Å². The monoisotopic (exact) mass is 296 g/mol. The highest BCUT2D eigenvalue weighted by molar-refractivity contribution is 5.82. The highest BCUT2D eigenvalue weighted by Gasteiger charge is 2.52. The standard InChI is InChI=1S/C11H16N6O4/c1-11(7(20)6(19)4(2-18)21-11)17-3-14-5-8(12)15-10(13)16-9(5)17/h3-4,6-7,18-20H,2H2,1H3,(H4,12,13,15,16)/t4-,6-,7-,11-/m1/s1. The third-order valence-corrected chi connectivity index (χ3v) is 3.74. The zero-order valence-corrected chi connectivity index (χ0v) is 11.2. The Morgan fingerprint density at radius 3 is 2.71 bits per heavy atom. The summed E-state index contributed by atoms with van der Waals surface area (Å²) in [5, 5.41) is 29.4. The minimum absolute atomic E-state index is 0.0444. The molecule has 10 nitrogen and oxygen atoms in total. The van der Waals surface area contributed by atoms with Gasteiger partial charge in [-0.3, -0.25) is 4.57 Å². The first kappa shape index (κ1) is 13.9. The molecule has 0 saturated carbocycles. The molecule has 1 aliphatic rings. The van der Waals surface area contributed by atoms with Crippen LogP contribution in [0, 0.1) is 0 Å². The Labute approximate surface area is 119 Å². The maximum atomic E-state index is 10.2. The molecule has 1 aliphatic heterocycles. The van der Waals surface area contributed by atoms with E-state index in [1.165, 1.54) is 10.9 Å². The van der Waals surface area contributed by atoms with Crippen molar-refractivity contribution in [1.82, 2.24) is 19.5 Å². The van der Waals surface area contributed by atoms with Crippen LogP contribution in [0.2, 0.25) is 0 Å². The molecule has 21 heavy (non-hydrogen) atoms. The van der Waals surface area contributed by atoms with Crippen molar-refractivity contribution in [2.75, 3.05) is 18.1 Å². The zero-order valence-electron chi connectivity index (χ0n) is 11.2. The summed E-state index contributed by atoms with van der Waals surface area (Å²) in [5.41, 5.74) is 10.5. The summed E-state index contributed by atoms with van der Waals surface area (Å²) in [7, 11) is 0. The number of hydrogen-bond donors (Lipinski definition) is 5. The van der Waals surface area contributed by atoms with E-state index >= 15 is 0 Å². The van der Waals surface area contributed by atoms with E-state index in [-0.39, 0.29) is 17.4 Å². The highest BCUT2D eigenvalue weighted by atomic mass is 16.6. The lowest BCUT2D eigenvalue weighted by molar-refractivity contribution is -0.132. The summed E-state index contributed by atoms with van der Waals surface area (Å²) in [6, 6.07) is 0. The number of nitrogens with two attached hydrogens (primary N) is 2. The predicted octanol–water partition coefficient (Wildman–Crippen LogP) is -2.22. The van der Waals surface area contributed by atoms with Crippen LogP contribution in [-0.4, -0.2) is 59.8 Å². The second kappa shape index (κ2) is 4.49. The number of aliphatic hydroxyl groups excluding tert-OH is 3. The summed E-state index contributed by atoms with van der Waals surface area (Å²) in [5.74, 6) is 0.0590. The quantitative estimate of drug-likeness (QED) is 0.412. The van der Waals surface area contributed by atoms with E-state index in [4.69, 9.17) is 16.2 Å². The van der Waals surface area contributed by atoms with Gasteiger partial charge in [-0.05, 0) is 6.92 Å². The number of aromatic nitrogens is 4. The first-order chi connectivity index (χ1) is 9.88. The van der Waals surface area contributed by atoms with E-state index in [0.717, 1.165) is 0 Å². The van der Waals surface area contributed by atoms with Gasteiger partial charge in [0.25, 0.3) is 0 Å². The number of aliphatic hydroxyl groups is 3. The molecule has 114 valence electrons. The van der Waals surface area contributed by atoms with E-state index in [1.807, 2.05) is 0 Å². The second-order valence-corrected chi connectivity index (χ2v) is 5.08. The number of hydrogen-bond acceptors (Lipinski definition) is 9. The lowest BCUT2D eigenvalue weighted by Gasteiger charge is -2.29. The van der Waals surface area contributed by atoms with Crippen LogP contribution in [0.4, 0.5) is 11.8 Å². The third-order valence-electron chi connectivity index (χ3n) is 3.74. The van der Waals surface area contributed by atoms with E-state index in [0.29, 0.717) is 5.52 Å². The minimum Gasteiger partial charge on any atom is -0.394 e. The molecule has 7 N–H and O–H groups in total. The van der Waals surface area contributed by atoms with Crippen LogP contribution in [0.25, 0.3) is 11.2 Å². The van der Waals surface area contributed by atoms with Crippen molar-refractivity contribution >= 4 is 22.9 Å². The lowest BCUT2D eigenvalue weighted by atomic mass is 10.0. The fourth-order valence-electron chi connectivity index (χ4n) is 2.57. The normalized spacial score (nSPS) is 32.9. The summed E-state index contributed by atoms with van der Waals surface area (Å²) in [4.78, 5) is 11.9. The van der Waals surface area contributed by atoms with Crippen LogP contribution in [0.15, 0.2) is 6.33 Å². The van der Waals surface area contributed by atoms with Crippen molar-refractivity contribution in [3.05, 3.63) is 6.33 Å². The fraction of sp³-hybridized carbons (Fsp3) is 0.545. The lowest BCUT2D eigenvalue weighted by Crippen LogP contribution is -2.43. The zero-order chi connectivity index (χ0) is 15.4. The molecule has 4 atom stereocenters. The summed E-state index contributed by atoms with van der Waals surface area (Å²) in [6.45, 7) is 1.12. The van der Waals surface area contributed by atoms with Crippen LogP contribution >= 0.6 is 0 Å². The van der Waals surface area contributed by atoms with Gasteiger partial charge < -0.3 is 31.5 Å². The van der Waals surface area contributed by atoms with Crippen LogP contribution < -0.4 is 11.5 Å². The highest BCUT2D eigenvalue weighted by Crippen LogP contribution is 2.37. The van der Waals surface area contributed by atoms with E-state index in [2.05, 4.69) is 15.0 Å². The van der Waals surface area contributed by atoms with Crippen molar-refractivity contribution in [2.45, 2.75) is 31.0 Å². The van der Waals surface area contributed by atoms with Crippen molar-refractivity contribution in [3.8, 4) is 0 Å². The van der Waals surface area contributed by atoms with Crippen LogP contribution in [0.5, 0.6) is 0 Å². The number of nitrogen functional groups attached to an aromatic ring is 2. The van der Waals surface area contributed by atoms with Gasteiger partial charge in [0.1, 0.15) is 23.8 Å². The van der Waals surface area contributed by atoms with Gasteiger partial charge in [0.15, 0.2) is 17.2 Å². The second-order valence-electron chi connectivity index (χ2n) is 5.08. The SMILES string of the molecule is C[C@@]1(n2cnc3c(N)nc(N)nc32)O[C@H](CO)[C@@H](O)[C@H]1O. The number of imidazole rings is 1. The summed E-state index contributed by atoms with van der Waals surface area (Å²) in [6.07, 6.45) is -2.08. The number of nitrogens with zero attached hydrogens (tertiary/aromatic N) is 4. The maximum Gasteiger partial charge on any atom is 0.224 e. The van der Waals surface area contributed by atoms with Gasteiger partial charge in [-0.15, -0.1) is 0 Å². The molecule has 3 rings (SSSR count). The Morgan fingerprint density at radius 2 is 2.10 bits per heavy atom. The van der Waals surface area contributed by atoms with Gasteiger partial charge in [0.05, 0.1) is 12.9 Å². The predicted molar refractivity (Wildman–Crippen MR) is 71.8 cm³/mol. The number of rotatable bonds is 2. The van der Waals surface area contributed by atoms with Crippen molar-refractivity contribution in [2.24, 2.45) is 0 Å². The van der Waals surface area contributed by atoms with Crippen molar-refractivity contribution < 1.29 is 20.1 Å². The molecule has 0 aliphatic carbocycles. The van der Waals surface area contributed by atoms with Gasteiger partial charge in [-0.1, -0.05) is 0 Å². The van der Waals surface area contributed by atoms with Gasteiger partial charge in [0.2, 0.25) is 5.95 Å². The molecule has 0 aromatic carbocycles. The summed E-state index contributed by atoms with van der Waals surface area (Å²) >= 11 is 0. The number of ether oxygens (including phenoxy) is 1. The Kier molecular flexibility index (Phi) is 2.99. The molecule has 10 heteroatoms. The van der Waals surface area contributed by atoms with E-state index < -0.39 is 30.6 Å². The molecule has 0 bridgehead atoms. The molecule has 0 radical (unpaired) electrons. The Morgan fingerprint density at radius 1 is 1.38 bits per heavy atom. The van der Waals surface area contributed by atoms with Gasteiger partial charge in [0, 0.05) is 0 Å². The molecule has 2 aromatic rings. The Bertz CT molecular complexity index is 691. The Balaban J connectivity index is 2.16. The summed E-state index contributed by atoms with van der Waals surface area (Å²) < 4.78 is 7.00. The average Bonchev–Trinajstić information content (AvgIpc) is 2.95. The molecule has 0 spiro atoms. The van der Waals surface area contributed by atoms with Crippen molar-refractivity contribution in [3.63, 3.8) is 0 Å². The molecule has 1 fully saturated rings. The molecular weight excluding hydrogens is 280 g/mol. The van der Waals surface area contributed by atoms with E-state index in [1.54, 1.807) is 6.92 Å². The first-order valence-electron chi connectivity index (χ1n) is 6.30. The smallest absolute Gasteiger partial charge is 0.224 e. The number of fused-ring (bicyclic) bond motifs is 1. The molecule has 1 saturated heterocycles. The van der Waals surface area contributed by atoms with Crippen LogP contribution in [0.3, 0.4) is 0 Å².